The molecule has 1 atom stereocenters. The minimum absolute atomic E-state index is 0.112. The van der Waals surface area contributed by atoms with Crippen LogP contribution in [0.15, 0.2) is 152 Å². The van der Waals surface area contributed by atoms with Crippen LogP contribution in [0.2, 0.25) is 0 Å². The summed E-state index contributed by atoms with van der Waals surface area (Å²) in [5, 5.41) is 2.86. The van der Waals surface area contributed by atoms with Gasteiger partial charge in [0.25, 0.3) is 0 Å². The molecule has 9 heteroatoms. The summed E-state index contributed by atoms with van der Waals surface area (Å²) in [5.74, 6) is -0.712. The summed E-state index contributed by atoms with van der Waals surface area (Å²) in [6.45, 7) is 41.4. The molecular weight excluding hydrogens is 1180 g/mol. The second-order valence-corrected chi connectivity index (χ2v) is 32.8. The Kier molecular flexibility index (Phi) is 17.2. The SMILES string of the molecule is COC(=O)[C@H](Cc1ccc(-c2c3nc(c(-c4cc(C(C)(C)C)cc(C(C)(C)C)c4)c4ccc([nH]4)c(-c4cc(C(C)(C)C)cc(C(C)(C)C)c4)c4nc(c(-c5cc(C(C)(C)C)cc(C(C)(C)C)c5)c5ccc2[nH]5)C=C4)C=C3)cc1)NC(=O)OCC1c2ccccc2-c2ccccc21. The number of amides is 1. The highest BCUT2D eigenvalue weighted by Gasteiger charge is 2.32. The Morgan fingerprint density at radius 1 is 0.417 bits per heavy atom. The number of hydrogen-bond donors (Lipinski definition) is 3. The average molecular weight is 1270 g/mol. The number of aromatic nitrogens is 4. The number of aromatic amines is 2. The van der Waals surface area contributed by atoms with Crippen molar-refractivity contribution in [2.45, 2.75) is 175 Å². The van der Waals surface area contributed by atoms with Crippen molar-refractivity contribution in [1.29, 1.82) is 0 Å². The molecule has 1 amide bonds. The Morgan fingerprint density at radius 3 is 1.04 bits per heavy atom. The number of alkyl carbamates (subject to hydrolysis) is 1. The molecule has 492 valence electrons. The highest BCUT2D eigenvalue weighted by Crippen LogP contribution is 2.47. The second-order valence-electron chi connectivity index (χ2n) is 32.8. The van der Waals surface area contributed by atoms with Crippen molar-refractivity contribution in [2.75, 3.05) is 13.7 Å². The standard InChI is InChI=1S/C87H95N5O4/c1-82(2,3)56-41-53(42-57(47-56)83(4,5)6)77-69-34-32-67(88-69)76(52-30-28-51(29-31-52)40-75(80(93)95-19)92-81(94)96-50-66-64-26-22-20-24-62(64)63-25-21-23-27-65(63)66)68-33-35-70(89-68)78(54-43-58(84(7,8)9)48-59(44-54)85(10,11)12)72-37-39-74(91-72)79(73-38-36-71(77)90-73)55-45-60(86(13,14)15)49-61(46-55)87(16,17)18/h20-39,41-49,66,75,88,91H,40,50H2,1-19H3,(H,92,94)/t75-/m0/s1. The number of ether oxygens (including phenoxy) is 2. The number of nitrogens with one attached hydrogen (secondary N) is 3. The van der Waals surface area contributed by atoms with Crippen LogP contribution in [0.4, 0.5) is 4.79 Å². The third kappa shape index (κ3) is 13.5. The van der Waals surface area contributed by atoms with Crippen molar-refractivity contribution in [3.63, 3.8) is 0 Å². The van der Waals surface area contributed by atoms with Gasteiger partial charge >= 0.3 is 12.1 Å². The van der Waals surface area contributed by atoms with Gasteiger partial charge in [-0.1, -0.05) is 252 Å². The zero-order valence-corrected chi connectivity index (χ0v) is 59.8. The molecule has 3 aliphatic rings. The van der Waals surface area contributed by atoms with Crippen LogP contribution in [0.3, 0.4) is 0 Å². The topological polar surface area (TPSA) is 122 Å². The maximum atomic E-state index is 13.8. The Balaban J connectivity index is 1.09. The summed E-state index contributed by atoms with van der Waals surface area (Å²) in [4.78, 5) is 47.1. The first-order valence-corrected chi connectivity index (χ1v) is 34.0. The first kappa shape index (κ1) is 66.7. The lowest BCUT2D eigenvalue weighted by Gasteiger charge is -2.26. The number of H-pyrrole nitrogens is 2. The molecule has 9 nitrogen and oxygen atoms in total. The predicted octanol–water partition coefficient (Wildman–Crippen LogP) is 21.7. The molecule has 96 heavy (non-hydrogen) atoms. The van der Waals surface area contributed by atoms with Gasteiger partial charge in [0, 0.05) is 56.7 Å². The van der Waals surface area contributed by atoms with Crippen molar-refractivity contribution < 1.29 is 19.1 Å². The number of nitrogens with zero attached hydrogens (tertiary/aromatic N) is 2. The molecule has 0 saturated heterocycles. The zero-order chi connectivity index (χ0) is 68.8. The molecule has 0 unspecified atom stereocenters. The van der Waals surface area contributed by atoms with Crippen LogP contribution in [-0.2, 0) is 53.2 Å². The molecular formula is C87H95N5O4. The van der Waals surface area contributed by atoms with Crippen LogP contribution >= 0.6 is 0 Å². The average Bonchev–Trinajstić information content (AvgIpc) is 1.49. The van der Waals surface area contributed by atoms with E-state index in [9.17, 15) is 9.59 Å². The van der Waals surface area contributed by atoms with Crippen molar-refractivity contribution in [3.05, 3.63) is 225 Å². The lowest BCUT2D eigenvalue weighted by atomic mass is 9.78. The Labute approximate surface area is 569 Å². The van der Waals surface area contributed by atoms with Crippen LogP contribution in [0, 0.1) is 0 Å². The molecule has 8 bridgehead atoms. The van der Waals surface area contributed by atoms with Crippen LogP contribution < -0.4 is 5.32 Å². The fourth-order valence-corrected chi connectivity index (χ4v) is 13.5. The van der Waals surface area contributed by atoms with E-state index in [4.69, 9.17) is 19.4 Å². The lowest BCUT2D eigenvalue weighted by Crippen LogP contribution is -2.43. The van der Waals surface area contributed by atoms with Crippen molar-refractivity contribution in [1.82, 2.24) is 25.3 Å². The number of fused-ring (bicyclic) bond motifs is 11. The van der Waals surface area contributed by atoms with Gasteiger partial charge in [0.05, 0.1) is 29.9 Å². The number of rotatable bonds is 10. The number of carbonyl (C=O) groups is 2. The summed E-state index contributed by atoms with van der Waals surface area (Å²) in [7, 11) is 1.34. The van der Waals surface area contributed by atoms with E-state index in [1.165, 1.54) is 40.5 Å². The predicted molar refractivity (Wildman–Crippen MR) is 401 cm³/mol. The first-order valence-electron chi connectivity index (χ1n) is 34.0. The summed E-state index contributed by atoms with van der Waals surface area (Å²) < 4.78 is 11.3. The van der Waals surface area contributed by atoms with E-state index in [0.29, 0.717) is 0 Å². The van der Waals surface area contributed by atoms with Gasteiger partial charge in [-0.25, -0.2) is 19.6 Å². The maximum absolute atomic E-state index is 13.8. The largest absolute Gasteiger partial charge is 0.467 e. The quantitative estimate of drug-likeness (QED) is 0.117. The summed E-state index contributed by atoms with van der Waals surface area (Å²) >= 11 is 0. The Hall–Kier alpha value is -9.34. The minimum Gasteiger partial charge on any atom is -0.467 e. The zero-order valence-electron chi connectivity index (χ0n) is 59.8. The van der Waals surface area contributed by atoms with E-state index in [1.807, 2.05) is 36.4 Å². The van der Waals surface area contributed by atoms with E-state index in [1.54, 1.807) is 0 Å². The third-order valence-electron chi connectivity index (χ3n) is 19.4. The maximum Gasteiger partial charge on any atom is 0.407 e. The summed E-state index contributed by atoms with van der Waals surface area (Å²) in [5.41, 5.74) is 26.8. The molecule has 5 heterocycles. The summed E-state index contributed by atoms with van der Waals surface area (Å²) in [6, 6.07) is 53.8. The van der Waals surface area contributed by atoms with Crippen molar-refractivity contribution in [2.24, 2.45) is 0 Å². The molecule has 3 aromatic heterocycles. The fourth-order valence-electron chi connectivity index (χ4n) is 13.5. The Bertz CT molecular complexity index is 4580. The molecule has 6 aromatic carbocycles. The molecule has 0 fully saturated rings. The highest BCUT2D eigenvalue weighted by molar-refractivity contribution is 6.00. The van der Waals surface area contributed by atoms with Gasteiger partial charge in [0.15, 0.2) is 0 Å². The van der Waals surface area contributed by atoms with Crippen molar-refractivity contribution in [3.8, 4) is 55.6 Å². The fraction of sp³-hybridized carbons (Fsp3) is 0.333. The van der Waals surface area contributed by atoms with Crippen LogP contribution in [0.25, 0.3) is 102 Å². The van der Waals surface area contributed by atoms with E-state index < -0.39 is 18.1 Å². The van der Waals surface area contributed by atoms with E-state index in [2.05, 4.69) is 279 Å². The second kappa shape index (κ2) is 24.7. The third-order valence-corrected chi connectivity index (χ3v) is 19.4. The summed E-state index contributed by atoms with van der Waals surface area (Å²) in [6.07, 6.45) is 8.19. The highest BCUT2D eigenvalue weighted by atomic mass is 16.6. The molecule has 9 aromatic rings. The van der Waals surface area contributed by atoms with Gasteiger partial charge in [0.1, 0.15) is 12.6 Å². The van der Waals surface area contributed by atoms with Gasteiger partial charge < -0.3 is 24.8 Å². The number of methoxy groups -OCH3 is 1. The molecule has 0 spiro atoms. The van der Waals surface area contributed by atoms with E-state index >= 15 is 0 Å². The van der Waals surface area contributed by atoms with Gasteiger partial charge in [-0.2, -0.15) is 0 Å². The molecule has 3 N–H and O–H groups in total. The van der Waals surface area contributed by atoms with Crippen LogP contribution in [0.1, 0.15) is 203 Å². The van der Waals surface area contributed by atoms with Gasteiger partial charge in [-0.15, -0.1) is 0 Å². The molecule has 1 aliphatic carbocycles. The van der Waals surface area contributed by atoms with Crippen LogP contribution in [-0.4, -0.2) is 51.8 Å². The number of hydrogen-bond acceptors (Lipinski definition) is 6. The number of carbonyl (C=O) groups excluding carboxylic acids is 2. The Morgan fingerprint density at radius 2 is 0.729 bits per heavy atom. The van der Waals surface area contributed by atoms with Crippen LogP contribution in [0.5, 0.6) is 0 Å². The number of benzene rings is 6. The van der Waals surface area contributed by atoms with Gasteiger partial charge in [-0.05, 0) is 165 Å². The lowest BCUT2D eigenvalue weighted by molar-refractivity contribution is -0.143. The molecule has 0 saturated carbocycles. The van der Waals surface area contributed by atoms with Crippen molar-refractivity contribution >= 4 is 58.4 Å². The molecule has 12 rings (SSSR count). The van der Waals surface area contributed by atoms with Gasteiger partial charge in [-0.3, -0.25) is 0 Å². The first-order chi connectivity index (χ1) is 45.1. The smallest absolute Gasteiger partial charge is 0.407 e. The molecule has 2 aliphatic heterocycles. The minimum atomic E-state index is -1.02. The van der Waals surface area contributed by atoms with Gasteiger partial charge in [0.2, 0.25) is 0 Å². The van der Waals surface area contributed by atoms with E-state index in [-0.39, 0.29) is 51.4 Å². The number of esters is 1. The molecule has 0 radical (unpaired) electrons. The van der Waals surface area contributed by atoms with E-state index in [0.717, 1.165) is 117 Å². The normalized spacial score (nSPS) is 13.8. The monoisotopic (exact) mass is 1270 g/mol.